The molecule has 3 aromatic rings. The second-order valence-corrected chi connectivity index (χ2v) is 8.54. The first-order valence-corrected chi connectivity index (χ1v) is 10.7. The number of fused-ring (bicyclic) bond motifs is 1. The zero-order valence-corrected chi connectivity index (χ0v) is 18.5. The summed E-state index contributed by atoms with van der Waals surface area (Å²) in [7, 11) is 3.74. The van der Waals surface area contributed by atoms with Crippen LogP contribution in [0, 0.1) is 12.8 Å². The zero-order valence-electron chi connectivity index (χ0n) is 18.5. The number of aryl methyl sites for hydroxylation is 1. The van der Waals surface area contributed by atoms with Crippen molar-refractivity contribution in [2.24, 2.45) is 5.92 Å². The molecule has 9 nitrogen and oxygen atoms in total. The van der Waals surface area contributed by atoms with Crippen LogP contribution in [0.3, 0.4) is 0 Å². The van der Waals surface area contributed by atoms with Crippen molar-refractivity contribution in [2.45, 2.75) is 39.2 Å². The Morgan fingerprint density at radius 3 is 2.68 bits per heavy atom. The Morgan fingerprint density at radius 1 is 1.29 bits per heavy atom. The van der Waals surface area contributed by atoms with Gasteiger partial charge < -0.3 is 19.4 Å². The monoisotopic (exact) mass is 423 g/mol. The summed E-state index contributed by atoms with van der Waals surface area (Å²) in [5, 5.41) is 0.491. The lowest BCUT2D eigenvalue weighted by molar-refractivity contribution is -0.136. The van der Waals surface area contributed by atoms with Crippen LogP contribution in [-0.2, 0) is 11.3 Å². The Morgan fingerprint density at radius 2 is 2.03 bits per heavy atom. The summed E-state index contributed by atoms with van der Waals surface area (Å²) in [6.45, 7) is 5.92. The van der Waals surface area contributed by atoms with Crippen LogP contribution in [0.4, 0.5) is 5.95 Å². The molecule has 3 aromatic heterocycles. The third kappa shape index (κ3) is 4.30. The van der Waals surface area contributed by atoms with E-state index in [2.05, 4.69) is 19.9 Å². The fourth-order valence-electron chi connectivity index (χ4n) is 4.18. The van der Waals surface area contributed by atoms with Gasteiger partial charge in [-0.05, 0) is 25.8 Å². The highest BCUT2D eigenvalue weighted by Gasteiger charge is 2.28. The minimum atomic E-state index is -0.166. The molecular weight excluding hydrogens is 394 g/mol. The van der Waals surface area contributed by atoms with Crippen molar-refractivity contribution in [1.82, 2.24) is 29.4 Å². The number of carbonyl (C=O) groups excluding carboxylic acids is 1. The molecule has 1 atom stereocenters. The van der Waals surface area contributed by atoms with Crippen molar-refractivity contribution in [1.29, 1.82) is 0 Å². The number of nitrogens with zero attached hydrogens (tertiary/aromatic N) is 6. The number of H-pyrrole nitrogens is 1. The van der Waals surface area contributed by atoms with Gasteiger partial charge >= 0.3 is 0 Å². The van der Waals surface area contributed by atoms with Crippen molar-refractivity contribution in [3.05, 3.63) is 46.5 Å². The van der Waals surface area contributed by atoms with Crippen LogP contribution in [0.15, 0.2) is 29.5 Å². The molecule has 0 spiro atoms. The van der Waals surface area contributed by atoms with E-state index < -0.39 is 0 Å². The molecular formula is C22H29N7O2. The number of carbonyl (C=O) groups is 1. The van der Waals surface area contributed by atoms with Crippen LogP contribution in [0.1, 0.15) is 37.2 Å². The van der Waals surface area contributed by atoms with E-state index in [0.717, 1.165) is 24.4 Å². The molecule has 4 rings (SSSR count). The number of anilines is 1. The van der Waals surface area contributed by atoms with Crippen molar-refractivity contribution >= 4 is 22.8 Å². The smallest absolute Gasteiger partial charge is 0.259 e. The third-order valence-electron chi connectivity index (χ3n) is 6.06. The lowest BCUT2D eigenvalue weighted by Crippen LogP contribution is -2.42. The highest BCUT2D eigenvalue weighted by molar-refractivity contribution is 5.79. The van der Waals surface area contributed by atoms with Gasteiger partial charge in [-0.15, -0.1) is 0 Å². The lowest BCUT2D eigenvalue weighted by Gasteiger charge is -2.33. The first kappa shape index (κ1) is 21.0. The number of piperidine rings is 1. The summed E-state index contributed by atoms with van der Waals surface area (Å²) in [5.74, 6) is 1.75. The number of amides is 1. The summed E-state index contributed by atoms with van der Waals surface area (Å²) >= 11 is 0. The standard InChI is InChI=1S/C22H29N7O2/c1-14(13-29-10-7-23-15(29)2)21(31)28-8-5-16(6-9-28)18-11-19-17(20(30)25-18)12-24-22(26-19)27(3)4/h7,10-12,14,16H,5-6,8-9,13H2,1-4H3,(H,25,30)/t14-/m1/s1. The van der Waals surface area contributed by atoms with E-state index in [1.807, 2.05) is 54.6 Å². The molecule has 1 fully saturated rings. The molecule has 1 amide bonds. The van der Waals surface area contributed by atoms with Gasteiger partial charge in [-0.25, -0.2) is 15.0 Å². The molecule has 1 N–H and O–H groups in total. The molecule has 1 saturated heterocycles. The Labute approximate surface area is 181 Å². The average Bonchev–Trinajstić information content (AvgIpc) is 3.17. The highest BCUT2D eigenvalue weighted by atomic mass is 16.2. The number of aromatic amines is 1. The van der Waals surface area contributed by atoms with Gasteiger partial charge in [0.1, 0.15) is 5.82 Å². The normalized spacial score (nSPS) is 15.9. The second kappa shape index (κ2) is 8.49. The summed E-state index contributed by atoms with van der Waals surface area (Å²) in [4.78, 5) is 45.2. The van der Waals surface area contributed by atoms with E-state index in [1.165, 1.54) is 0 Å². The van der Waals surface area contributed by atoms with Gasteiger partial charge in [0, 0.05) is 63.9 Å². The quantitative estimate of drug-likeness (QED) is 0.673. The number of nitrogens with one attached hydrogen (secondary N) is 1. The van der Waals surface area contributed by atoms with Crippen LogP contribution in [0.2, 0.25) is 0 Å². The summed E-state index contributed by atoms with van der Waals surface area (Å²) in [6, 6.07) is 1.96. The van der Waals surface area contributed by atoms with Gasteiger partial charge in [0.15, 0.2) is 0 Å². The maximum atomic E-state index is 12.9. The SMILES string of the molecule is Cc1nccn1C[C@@H](C)C(=O)N1CCC(c2cc3nc(N(C)C)ncc3c(=O)[nH]2)CC1. The minimum Gasteiger partial charge on any atom is -0.347 e. The molecule has 1 aliphatic heterocycles. The number of aromatic nitrogens is 5. The number of imidazole rings is 1. The van der Waals surface area contributed by atoms with Gasteiger partial charge in [-0.2, -0.15) is 0 Å². The van der Waals surface area contributed by atoms with E-state index in [1.54, 1.807) is 12.4 Å². The minimum absolute atomic E-state index is 0.105. The zero-order chi connectivity index (χ0) is 22.1. The topological polar surface area (TPSA) is 100 Å². The molecule has 164 valence electrons. The molecule has 1 aliphatic rings. The van der Waals surface area contributed by atoms with Crippen LogP contribution in [0.25, 0.3) is 10.9 Å². The first-order chi connectivity index (χ1) is 14.8. The van der Waals surface area contributed by atoms with E-state index >= 15 is 0 Å². The largest absolute Gasteiger partial charge is 0.347 e. The van der Waals surface area contributed by atoms with E-state index in [4.69, 9.17) is 0 Å². The van der Waals surface area contributed by atoms with Gasteiger partial charge in [0.05, 0.1) is 16.8 Å². The fraction of sp³-hybridized carbons (Fsp3) is 0.500. The van der Waals surface area contributed by atoms with Crippen LogP contribution in [0.5, 0.6) is 0 Å². The van der Waals surface area contributed by atoms with Crippen LogP contribution >= 0.6 is 0 Å². The molecule has 31 heavy (non-hydrogen) atoms. The average molecular weight is 424 g/mol. The predicted molar refractivity (Wildman–Crippen MR) is 119 cm³/mol. The molecule has 0 unspecified atom stereocenters. The number of rotatable bonds is 5. The van der Waals surface area contributed by atoms with Crippen molar-refractivity contribution in [2.75, 3.05) is 32.1 Å². The Bertz CT molecular complexity index is 1140. The summed E-state index contributed by atoms with van der Waals surface area (Å²) < 4.78 is 2.01. The van der Waals surface area contributed by atoms with E-state index in [9.17, 15) is 9.59 Å². The van der Waals surface area contributed by atoms with Gasteiger partial charge in [-0.3, -0.25) is 9.59 Å². The molecule has 0 aliphatic carbocycles. The number of pyridine rings is 1. The van der Waals surface area contributed by atoms with Crippen LogP contribution in [-0.4, -0.2) is 62.5 Å². The molecule has 9 heteroatoms. The predicted octanol–water partition coefficient (Wildman–Crippen LogP) is 1.93. The fourth-order valence-corrected chi connectivity index (χ4v) is 4.18. The van der Waals surface area contributed by atoms with Crippen molar-refractivity contribution in [3.8, 4) is 0 Å². The lowest BCUT2D eigenvalue weighted by atomic mass is 9.92. The number of likely N-dealkylation sites (tertiary alicyclic amines) is 1. The summed E-state index contributed by atoms with van der Waals surface area (Å²) in [5.41, 5.74) is 1.37. The molecule has 0 aromatic carbocycles. The van der Waals surface area contributed by atoms with Crippen molar-refractivity contribution in [3.63, 3.8) is 0 Å². The Balaban J connectivity index is 1.44. The molecule has 0 bridgehead atoms. The number of hydrogen-bond donors (Lipinski definition) is 1. The molecule has 0 radical (unpaired) electrons. The maximum absolute atomic E-state index is 12.9. The number of hydrogen-bond acceptors (Lipinski definition) is 6. The van der Waals surface area contributed by atoms with E-state index in [-0.39, 0.29) is 23.3 Å². The van der Waals surface area contributed by atoms with Crippen molar-refractivity contribution < 1.29 is 4.79 Å². The summed E-state index contributed by atoms with van der Waals surface area (Å²) in [6.07, 6.45) is 6.87. The first-order valence-electron chi connectivity index (χ1n) is 10.7. The molecule has 0 saturated carbocycles. The van der Waals surface area contributed by atoms with Gasteiger partial charge in [0.25, 0.3) is 5.56 Å². The van der Waals surface area contributed by atoms with Gasteiger partial charge in [0.2, 0.25) is 11.9 Å². The Kier molecular flexibility index (Phi) is 5.75. The van der Waals surface area contributed by atoms with Crippen LogP contribution < -0.4 is 10.5 Å². The second-order valence-electron chi connectivity index (χ2n) is 8.54. The maximum Gasteiger partial charge on any atom is 0.259 e. The van der Waals surface area contributed by atoms with Gasteiger partial charge in [-0.1, -0.05) is 6.92 Å². The third-order valence-corrected chi connectivity index (χ3v) is 6.06. The van der Waals surface area contributed by atoms with E-state index in [0.29, 0.717) is 36.5 Å². The Hall–Kier alpha value is -3.23. The highest BCUT2D eigenvalue weighted by Crippen LogP contribution is 2.28. The molecule has 4 heterocycles.